The zero-order valence-corrected chi connectivity index (χ0v) is 73.3. The molecule has 0 spiro atoms. The number of fused-ring (bicyclic) bond motifs is 7. The molecule has 10 aliphatic carbocycles. The number of rotatable bonds is 30. The van der Waals surface area contributed by atoms with Crippen LogP contribution in [0.4, 0.5) is 51.2 Å². The Morgan fingerprint density at radius 2 is 0.848 bits per heavy atom. The van der Waals surface area contributed by atoms with Gasteiger partial charge in [-0.3, -0.25) is 96.1 Å². The highest BCUT2D eigenvalue weighted by molar-refractivity contribution is 5.87. The minimum absolute atomic E-state index is 0.0106. The molecule has 26 atom stereocenters. The number of non-ortho nitro benzene ring substituents is 3. The molecule has 125 heavy (non-hydrogen) atoms. The van der Waals surface area contributed by atoms with Gasteiger partial charge in [-0.25, -0.2) is 0 Å². The first-order valence-electron chi connectivity index (χ1n) is 44.7. The molecule has 9 unspecified atom stereocenters. The van der Waals surface area contributed by atoms with Gasteiger partial charge in [0.05, 0.1) is 71.7 Å². The van der Waals surface area contributed by atoms with E-state index < -0.39 is 116 Å². The average Bonchev–Trinajstić information content (AvgIpc) is 1.51. The molecule has 10 aliphatic rings. The van der Waals surface area contributed by atoms with Crippen molar-refractivity contribution >= 4 is 99.1 Å². The molecule has 10 fully saturated rings. The fourth-order valence-corrected chi connectivity index (χ4v) is 27.0. The van der Waals surface area contributed by atoms with Crippen molar-refractivity contribution in [3.05, 3.63) is 115 Å². The van der Waals surface area contributed by atoms with Crippen LogP contribution in [0.1, 0.15) is 249 Å². The molecule has 10 saturated carbocycles. The fourth-order valence-electron chi connectivity index (χ4n) is 27.0. The summed E-state index contributed by atoms with van der Waals surface area (Å²) in [5.41, 5.74) is 2.91. The number of aliphatic carboxylic acids is 2. The van der Waals surface area contributed by atoms with Gasteiger partial charge in [0.1, 0.15) is 34.4 Å². The Morgan fingerprint density at radius 3 is 1.28 bits per heavy atom. The van der Waals surface area contributed by atoms with E-state index in [9.17, 15) is 115 Å². The lowest BCUT2D eigenvalue weighted by Crippen LogP contribution is -2.54. The summed E-state index contributed by atoms with van der Waals surface area (Å²) in [5, 5.41) is 143. The number of hydrogen-bond acceptors (Lipinski definition) is 27. The molecule has 35 heteroatoms. The zero-order valence-electron chi connectivity index (χ0n) is 73.3. The monoisotopic (exact) mass is 1740 g/mol. The number of nitro benzene ring substituents is 6. The minimum Gasteiger partial charge on any atom is -0.481 e. The number of aliphatic hydroxyl groups excluding tert-OH is 3. The number of carboxylic acids is 2. The summed E-state index contributed by atoms with van der Waals surface area (Å²) in [6.45, 7) is 21.4. The Balaban J connectivity index is 0.000000182. The van der Waals surface area contributed by atoms with E-state index in [0.717, 1.165) is 102 Å². The van der Waals surface area contributed by atoms with Crippen LogP contribution in [0.25, 0.3) is 0 Å². The van der Waals surface area contributed by atoms with Crippen molar-refractivity contribution in [2.75, 3.05) is 16.3 Å². The first-order valence-corrected chi connectivity index (χ1v) is 44.7. The topological polar surface area (TPSA) is 539 Å². The largest absolute Gasteiger partial charge is 0.481 e. The number of nitro groups is 6. The Hall–Kier alpha value is -9.74. The van der Waals surface area contributed by atoms with E-state index in [1.54, 1.807) is 25.6 Å². The third-order valence-electron chi connectivity index (χ3n) is 33.7. The van der Waals surface area contributed by atoms with Crippen molar-refractivity contribution in [2.45, 2.75) is 273 Å². The number of ketones is 3. The normalized spacial score (nSPS) is 35.9. The third-order valence-corrected chi connectivity index (χ3v) is 33.7. The second-order valence-corrected chi connectivity index (χ2v) is 40.0. The highest BCUT2D eigenvalue weighted by atomic mass is 16.6. The number of Topliss-reactive ketones (excluding diaryl/α,β-unsaturated/α-hetero) is 3. The molecule has 0 heterocycles. The molecule has 0 aliphatic heterocycles. The van der Waals surface area contributed by atoms with Gasteiger partial charge in [-0.2, -0.15) is 15.3 Å². The molecule has 0 radical (unpaired) electrons. The number of hydrogen-bond donors (Lipinski definition) is 9. The predicted octanol–water partition coefficient (Wildman–Crippen LogP) is 17.4. The fraction of sp³-hybridized carbons (Fsp3) is 0.711. The molecule has 35 nitrogen and oxygen atoms in total. The molecule has 13 rings (SSSR count). The third kappa shape index (κ3) is 19.4. The van der Waals surface area contributed by atoms with E-state index >= 15 is 0 Å². The number of aliphatic hydroxyl groups is 4. The number of nitrogens with one attached hydrogen (secondary N) is 3. The summed E-state index contributed by atoms with van der Waals surface area (Å²) < 4.78 is 0. The van der Waals surface area contributed by atoms with Gasteiger partial charge >= 0.3 is 29.0 Å². The maximum Gasteiger partial charge on any atom is 0.303 e. The first-order chi connectivity index (χ1) is 58.8. The molecule has 3 aromatic carbocycles. The van der Waals surface area contributed by atoms with Crippen LogP contribution in [0.15, 0.2) is 69.9 Å². The Labute approximate surface area is 727 Å². The Bertz CT molecular complexity index is 4680. The molecule has 0 aromatic heterocycles. The number of nitrogens with zero attached hydrogens (tertiary/aromatic N) is 9. The van der Waals surface area contributed by atoms with Crippen LogP contribution in [0.3, 0.4) is 0 Å². The lowest BCUT2D eigenvalue weighted by molar-refractivity contribution is -0.393. The summed E-state index contributed by atoms with van der Waals surface area (Å²) in [5.74, 6) is 1.70. The molecule has 0 bridgehead atoms. The van der Waals surface area contributed by atoms with Crippen LogP contribution >= 0.6 is 0 Å². The molecular weight excluding hydrogens is 1620 g/mol. The van der Waals surface area contributed by atoms with Crippen LogP contribution in [0.5, 0.6) is 0 Å². The molecular formula is C90H126N12O23. The van der Waals surface area contributed by atoms with Crippen molar-refractivity contribution in [1.29, 1.82) is 0 Å². The quantitative estimate of drug-likeness (QED) is 0.0170. The Kier molecular flexibility index (Phi) is 29.5. The van der Waals surface area contributed by atoms with Crippen LogP contribution < -0.4 is 16.3 Å². The maximum atomic E-state index is 13.4. The summed E-state index contributed by atoms with van der Waals surface area (Å²) in [4.78, 5) is 125. The standard InChI is InChI=1S/C31H44N4O7.C30H42N4O8.C29H40N4O8/c1-19(5-6-20(2)36)24-8-9-25-23(13-16-32-33-27-10-7-21(34(39)40)17-28(27)35(41)42)26(12-15-30(24,25)3)31(4)14-11-22(37)18-29(31)38;1-17(4-9-26(36)37)20-6-7-21-27-22(11-12-28(20,21)2)29(3)13-10-19(35)15-30(29,38)23(27)16-31-32-24-8-5-18(33(39)40)14-25(24)34(41)42;1-17(4-9-27(36)37)21-6-7-22-20(16-30-31-24-8-5-18(32(38)39)14-25(24)33(40)41)23(11-13-28(21,22)2)29(3)12-10-19(34)15-26(29)35/h7,10,16-17,19,22-26,33,37H,5-6,8-9,11-15,18H2,1-4H3;5,8,14,16-17,19-23,27,32,35,38H,4,6-7,9-13,15H2,1-3H3,(H,36,37);5,8,14,16-17,19-23,31,34H,4,6-7,9-13,15H2,1-3H3,(H,36,37)/b;31-16+;30-16+/t19-,22+,23?,24-,25?,26?,30-,31-;17-,19+,20-,21?,22?,23-,27?,28-,29-,30-;17-,19+,20?,21-,22?,23?,28-,29-/m111/s1. The summed E-state index contributed by atoms with van der Waals surface area (Å²) in [7, 11) is 0. The highest BCUT2D eigenvalue weighted by Gasteiger charge is 2.72. The van der Waals surface area contributed by atoms with Crippen LogP contribution in [-0.4, -0.2) is 132 Å². The van der Waals surface area contributed by atoms with Gasteiger partial charge in [0, 0.05) is 103 Å². The number of anilines is 3. The molecule has 3 aromatic rings. The Morgan fingerprint density at radius 1 is 0.464 bits per heavy atom. The van der Waals surface area contributed by atoms with Crippen molar-refractivity contribution in [1.82, 2.24) is 0 Å². The van der Waals surface area contributed by atoms with Gasteiger partial charge < -0.3 is 35.4 Å². The molecule has 9 N–H and O–H groups in total. The van der Waals surface area contributed by atoms with Crippen molar-refractivity contribution in [3.63, 3.8) is 0 Å². The van der Waals surface area contributed by atoms with E-state index in [4.69, 9.17) is 0 Å². The van der Waals surface area contributed by atoms with E-state index in [0.29, 0.717) is 93.8 Å². The SMILES string of the molecule is CC(=O)CC[C@@H](C)[C@H]1CCC2C(CC=NNc3ccc([N+](=O)[O-])cc3[N+](=O)[O-])C([C@@]3(C)CC[C@H](O)CC3=O)CC[C@@]21C.C[C@H](CCC(=O)O)[C@H]1CCC2C(/C=N/Nc3ccc([N+](=O)[O-])cc3[N+](=O)[O-])C([C@@]3(C)CC[C@H](O)CC3=O)CC[C@@]21C.C[C@H](CCC(=O)O)[C@H]1CCC2C3C(CC[C@@]21C)[C@@]1(C)CC[C@H](O)C[C@@]1(O)[C@@H]3/C=N/Nc1ccc([N+](=O)[O-])cc1[N+](=O)[O-]. The summed E-state index contributed by atoms with van der Waals surface area (Å²) in [6.07, 6.45) is 22.6. The van der Waals surface area contributed by atoms with Gasteiger partial charge in [-0.05, 0) is 265 Å². The van der Waals surface area contributed by atoms with E-state index in [2.05, 4.69) is 87.0 Å². The summed E-state index contributed by atoms with van der Waals surface area (Å²) >= 11 is 0. The smallest absolute Gasteiger partial charge is 0.303 e. The predicted molar refractivity (Wildman–Crippen MR) is 465 cm³/mol. The number of benzene rings is 3. The molecule has 684 valence electrons. The first kappa shape index (κ1) is 95.9. The van der Waals surface area contributed by atoms with Gasteiger partial charge in [0.2, 0.25) is 0 Å². The van der Waals surface area contributed by atoms with Gasteiger partial charge in [-0.15, -0.1) is 0 Å². The second kappa shape index (κ2) is 38.4. The number of carbonyl (C=O) groups is 5. The zero-order chi connectivity index (χ0) is 91.5. The number of carbonyl (C=O) groups excluding carboxylic acids is 3. The second-order valence-electron chi connectivity index (χ2n) is 40.0. The van der Waals surface area contributed by atoms with Crippen LogP contribution in [0.2, 0.25) is 0 Å². The van der Waals surface area contributed by atoms with Gasteiger partial charge in [-0.1, -0.05) is 62.3 Å². The van der Waals surface area contributed by atoms with E-state index in [1.165, 1.54) is 36.4 Å². The lowest BCUT2D eigenvalue weighted by atomic mass is 9.49. The highest BCUT2D eigenvalue weighted by Crippen LogP contribution is 2.74. The minimum atomic E-state index is -1.22. The van der Waals surface area contributed by atoms with Crippen molar-refractivity contribution in [3.8, 4) is 0 Å². The number of hydrazone groups is 3. The lowest BCUT2D eigenvalue weighted by Gasteiger charge is -2.55. The van der Waals surface area contributed by atoms with Gasteiger partial charge in [0.25, 0.3) is 17.1 Å². The van der Waals surface area contributed by atoms with Crippen molar-refractivity contribution < 1.29 is 84.2 Å². The average molecular weight is 1740 g/mol. The summed E-state index contributed by atoms with van der Waals surface area (Å²) in [6, 6.07) is 10.1. The van der Waals surface area contributed by atoms with E-state index in [1.807, 2.05) is 6.92 Å². The number of carboxylic acid groups (broad SMARTS) is 2. The van der Waals surface area contributed by atoms with Crippen LogP contribution in [0, 0.1) is 188 Å². The van der Waals surface area contributed by atoms with Crippen LogP contribution in [-0.2, 0) is 24.0 Å². The molecule has 0 saturated heterocycles. The molecule has 0 amide bonds. The van der Waals surface area contributed by atoms with Gasteiger partial charge in [0.15, 0.2) is 0 Å². The van der Waals surface area contributed by atoms with E-state index in [-0.39, 0.29) is 148 Å². The van der Waals surface area contributed by atoms with Crippen molar-refractivity contribution in [2.24, 2.45) is 142 Å². The maximum absolute atomic E-state index is 13.4.